The molecule has 0 spiro atoms. The first-order valence-electron chi connectivity index (χ1n) is 9.44. The molecule has 4 heterocycles. The van der Waals surface area contributed by atoms with Crippen molar-refractivity contribution in [3.05, 3.63) is 41.9 Å². The Bertz CT molecular complexity index is 811. The highest BCUT2D eigenvalue weighted by atomic mass is 19.4. The number of pyridine rings is 1. The molecule has 4 rings (SSSR count). The van der Waals surface area contributed by atoms with Gasteiger partial charge in [0.15, 0.2) is 5.69 Å². The Labute approximate surface area is 161 Å². The zero-order valence-corrected chi connectivity index (χ0v) is 15.3. The van der Waals surface area contributed by atoms with Gasteiger partial charge in [0.05, 0.1) is 6.10 Å². The van der Waals surface area contributed by atoms with E-state index in [4.69, 9.17) is 0 Å². The van der Waals surface area contributed by atoms with Crippen LogP contribution in [-0.2, 0) is 12.6 Å². The number of alkyl halides is 3. The van der Waals surface area contributed by atoms with E-state index >= 15 is 0 Å². The Morgan fingerprint density at radius 2 is 1.86 bits per heavy atom. The molecule has 2 saturated heterocycles. The van der Waals surface area contributed by atoms with E-state index in [0.717, 1.165) is 24.6 Å². The predicted octanol–water partition coefficient (Wildman–Crippen LogP) is 2.53. The lowest BCUT2D eigenvalue weighted by molar-refractivity contribution is -0.141. The smallest absolute Gasteiger partial charge is 0.391 e. The zero-order chi connectivity index (χ0) is 19.7. The summed E-state index contributed by atoms with van der Waals surface area (Å²) < 4.78 is 40.1. The van der Waals surface area contributed by atoms with Gasteiger partial charge in [-0.05, 0) is 31.4 Å². The summed E-state index contributed by atoms with van der Waals surface area (Å²) in [5.41, 5.74) is -0.0908. The molecule has 0 aliphatic carbocycles. The number of nitrogens with zero attached hydrogens (tertiary/aromatic N) is 5. The first-order chi connectivity index (χ1) is 13.4. The van der Waals surface area contributed by atoms with Crippen molar-refractivity contribution in [1.82, 2.24) is 15.0 Å². The van der Waals surface area contributed by atoms with Crippen molar-refractivity contribution >= 4 is 11.8 Å². The number of rotatable bonds is 4. The quantitative estimate of drug-likeness (QED) is 0.861. The van der Waals surface area contributed by atoms with Crippen LogP contribution in [0.1, 0.15) is 24.2 Å². The lowest BCUT2D eigenvalue weighted by atomic mass is 10.00. The fourth-order valence-electron chi connectivity index (χ4n) is 3.82. The number of β-amino-alcohol motifs (C(OH)–C–C–N with tert-alkyl or cyclic N) is 1. The van der Waals surface area contributed by atoms with E-state index in [1.165, 1.54) is 0 Å². The Morgan fingerprint density at radius 1 is 1.07 bits per heavy atom. The minimum atomic E-state index is -4.54. The average Bonchev–Trinajstić information content (AvgIpc) is 3.32. The van der Waals surface area contributed by atoms with Crippen LogP contribution < -0.4 is 9.80 Å². The van der Waals surface area contributed by atoms with Gasteiger partial charge < -0.3 is 14.9 Å². The molecule has 150 valence electrons. The van der Waals surface area contributed by atoms with Crippen molar-refractivity contribution in [1.29, 1.82) is 0 Å². The van der Waals surface area contributed by atoms with Gasteiger partial charge >= 0.3 is 6.18 Å². The Kier molecular flexibility index (Phi) is 5.09. The van der Waals surface area contributed by atoms with E-state index in [0.29, 0.717) is 26.1 Å². The first kappa shape index (κ1) is 18.9. The molecule has 0 radical (unpaired) electrons. The Hall–Kier alpha value is -2.42. The molecule has 9 heteroatoms. The van der Waals surface area contributed by atoms with Gasteiger partial charge in [0.2, 0.25) is 5.95 Å². The number of hydrogen-bond acceptors (Lipinski definition) is 6. The van der Waals surface area contributed by atoms with Gasteiger partial charge in [-0.15, -0.1) is 0 Å². The largest absolute Gasteiger partial charge is 0.433 e. The maximum absolute atomic E-state index is 13.4. The molecule has 0 saturated carbocycles. The third-order valence-electron chi connectivity index (χ3n) is 5.31. The molecule has 2 aromatic rings. The normalized spacial score (nSPS) is 22.9. The van der Waals surface area contributed by atoms with Gasteiger partial charge in [0.25, 0.3) is 0 Å². The molecule has 0 aromatic carbocycles. The number of hydrogen-bond donors (Lipinski definition) is 1. The Balaban J connectivity index is 1.58. The van der Waals surface area contributed by atoms with Crippen molar-refractivity contribution in [3.63, 3.8) is 0 Å². The summed E-state index contributed by atoms with van der Waals surface area (Å²) in [6, 6.07) is 6.56. The lowest BCUT2D eigenvalue weighted by Gasteiger charge is -2.22. The molecular weight excluding hydrogens is 371 g/mol. The SMILES string of the molecule is O[C@@H]1CN(c2cc(C(F)(F)F)nc(N3CCCC3)n2)C[C@H]1Cc1ccccn1. The second-order valence-corrected chi connectivity index (χ2v) is 7.36. The zero-order valence-electron chi connectivity index (χ0n) is 15.3. The highest BCUT2D eigenvalue weighted by Gasteiger charge is 2.37. The topological polar surface area (TPSA) is 65.4 Å². The molecule has 2 aliphatic rings. The second-order valence-electron chi connectivity index (χ2n) is 7.36. The van der Waals surface area contributed by atoms with E-state index in [1.807, 2.05) is 18.2 Å². The maximum atomic E-state index is 13.4. The van der Waals surface area contributed by atoms with E-state index in [9.17, 15) is 18.3 Å². The second kappa shape index (κ2) is 7.54. The van der Waals surface area contributed by atoms with Crippen molar-refractivity contribution in [2.24, 2.45) is 5.92 Å². The van der Waals surface area contributed by atoms with Gasteiger partial charge in [-0.1, -0.05) is 6.07 Å². The molecule has 0 unspecified atom stereocenters. The molecule has 28 heavy (non-hydrogen) atoms. The average molecular weight is 393 g/mol. The van der Waals surface area contributed by atoms with Gasteiger partial charge in [-0.2, -0.15) is 18.2 Å². The van der Waals surface area contributed by atoms with Crippen molar-refractivity contribution < 1.29 is 18.3 Å². The van der Waals surface area contributed by atoms with Crippen LogP contribution in [0.5, 0.6) is 0 Å². The number of aliphatic hydroxyl groups excluding tert-OH is 1. The summed E-state index contributed by atoms with van der Waals surface area (Å²) in [5.74, 6) is 0.214. The number of aromatic nitrogens is 3. The van der Waals surface area contributed by atoms with Gasteiger partial charge in [0.1, 0.15) is 5.82 Å². The molecule has 2 aliphatic heterocycles. The van der Waals surface area contributed by atoms with E-state index in [-0.39, 0.29) is 24.2 Å². The molecule has 2 fully saturated rings. The highest BCUT2D eigenvalue weighted by Crippen LogP contribution is 2.33. The van der Waals surface area contributed by atoms with Gasteiger partial charge in [0, 0.05) is 50.1 Å². The third kappa shape index (κ3) is 4.04. The summed E-state index contributed by atoms with van der Waals surface area (Å²) >= 11 is 0. The van der Waals surface area contributed by atoms with Crippen LogP contribution in [0.2, 0.25) is 0 Å². The monoisotopic (exact) mass is 393 g/mol. The van der Waals surface area contributed by atoms with Crippen LogP contribution in [-0.4, -0.2) is 52.3 Å². The molecule has 0 amide bonds. The van der Waals surface area contributed by atoms with Gasteiger partial charge in [-0.3, -0.25) is 4.98 Å². The summed E-state index contributed by atoms with van der Waals surface area (Å²) in [7, 11) is 0. The van der Waals surface area contributed by atoms with Crippen molar-refractivity contribution in [2.75, 3.05) is 36.0 Å². The van der Waals surface area contributed by atoms with Crippen LogP contribution in [0.15, 0.2) is 30.5 Å². The minimum absolute atomic E-state index is 0.116. The maximum Gasteiger partial charge on any atom is 0.433 e. The standard InChI is InChI=1S/C19H22F3N5O/c20-19(21,22)16-10-17(25-18(24-16)26-7-3-4-8-26)27-11-13(15(28)12-27)9-14-5-1-2-6-23-14/h1-2,5-6,10,13,15,28H,3-4,7-9,11-12H2/t13-,15-/m1/s1. The lowest BCUT2D eigenvalue weighted by Crippen LogP contribution is -2.27. The number of anilines is 2. The van der Waals surface area contributed by atoms with Crippen LogP contribution in [0.25, 0.3) is 0 Å². The molecule has 1 N–H and O–H groups in total. The van der Waals surface area contributed by atoms with Gasteiger partial charge in [-0.25, -0.2) is 4.98 Å². The van der Waals surface area contributed by atoms with Crippen LogP contribution in [0.4, 0.5) is 24.9 Å². The summed E-state index contributed by atoms with van der Waals surface area (Å²) in [4.78, 5) is 15.9. The van der Waals surface area contributed by atoms with Crippen molar-refractivity contribution in [3.8, 4) is 0 Å². The summed E-state index contributed by atoms with van der Waals surface area (Å²) in [5, 5.41) is 10.4. The van der Waals surface area contributed by atoms with Crippen LogP contribution in [0, 0.1) is 5.92 Å². The first-order valence-corrected chi connectivity index (χ1v) is 9.44. The van der Waals surface area contributed by atoms with Crippen molar-refractivity contribution in [2.45, 2.75) is 31.5 Å². The molecular formula is C19H22F3N5O. The molecule has 0 bridgehead atoms. The summed E-state index contributed by atoms with van der Waals surface area (Å²) in [6.07, 6.45) is -1.10. The fourth-order valence-corrected chi connectivity index (χ4v) is 3.82. The number of halogens is 3. The van der Waals surface area contributed by atoms with Crippen LogP contribution >= 0.6 is 0 Å². The molecule has 2 atom stereocenters. The minimum Gasteiger partial charge on any atom is -0.391 e. The fraction of sp³-hybridized carbons (Fsp3) is 0.526. The molecule has 2 aromatic heterocycles. The predicted molar refractivity (Wildman–Crippen MR) is 98.1 cm³/mol. The van der Waals surface area contributed by atoms with E-state index in [2.05, 4.69) is 15.0 Å². The summed E-state index contributed by atoms with van der Waals surface area (Å²) in [6.45, 7) is 1.98. The Morgan fingerprint density at radius 3 is 2.54 bits per heavy atom. The van der Waals surface area contributed by atoms with E-state index in [1.54, 1.807) is 16.0 Å². The van der Waals surface area contributed by atoms with Crippen LogP contribution in [0.3, 0.4) is 0 Å². The number of aliphatic hydroxyl groups is 1. The molecule has 6 nitrogen and oxygen atoms in total. The third-order valence-corrected chi connectivity index (χ3v) is 5.31. The highest BCUT2D eigenvalue weighted by molar-refractivity contribution is 5.48. The van der Waals surface area contributed by atoms with E-state index < -0.39 is 18.0 Å².